The first-order valence-electron chi connectivity index (χ1n) is 8.20. The van der Waals surface area contributed by atoms with Crippen LogP contribution < -0.4 is 10.7 Å². The maximum atomic E-state index is 14.3. The van der Waals surface area contributed by atoms with Crippen molar-refractivity contribution in [1.82, 2.24) is 14.9 Å². The van der Waals surface area contributed by atoms with Gasteiger partial charge >= 0.3 is 0 Å². The topological polar surface area (TPSA) is 77.1 Å². The molecule has 2 aromatic heterocycles. The summed E-state index contributed by atoms with van der Waals surface area (Å²) in [5.41, 5.74) is 0.986. The molecule has 0 fully saturated rings. The van der Waals surface area contributed by atoms with E-state index < -0.39 is 11.7 Å². The highest BCUT2D eigenvalue weighted by molar-refractivity contribution is 5.93. The van der Waals surface area contributed by atoms with Crippen molar-refractivity contribution in [1.29, 1.82) is 0 Å². The lowest BCUT2D eigenvalue weighted by molar-refractivity contribution is 0.0923. The zero-order valence-corrected chi connectivity index (χ0v) is 14.1. The van der Waals surface area contributed by atoms with Gasteiger partial charge < -0.3 is 14.3 Å². The summed E-state index contributed by atoms with van der Waals surface area (Å²) in [5, 5.41) is 3.04. The number of carbonyl (C=O) groups is 1. The summed E-state index contributed by atoms with van der Waals surface area (Å²) < 4.78 is 21.3. The Labute approximate surface area is 152 Å². The molecular weight excluding hydrogens is 349 g/mol. The number of rotatable bonds is 4. The van der Waals surface area contributed by atoms with Crippen molar-refractivity contribution < 1.29 is 13.6 Å². The van der Waals surface area contributed by atoms with Crippen LogP contribution in [0.4, 0.5) is 4.39 Å². The zero-order chi connectivity index (χ0) is 18.8. The lowest BCUT2D eigenvalue weighted by Gasteiger charge is -2.08. The number of fused-ring (bicyclic) bond motifs is 1. The maximum absolute atomic E-state index is 14.3. The number of hydrogen-bond acceptors (Lipinski definition) is 4. The second-order valence-electron chi connectivity index (χ2n) is 5.91. The van der Waals surface area contributed by atoms with Gasteiger partial charge in [-0.1, -0.05) is 18.2 Å². The molecule has 6 nitrogen and oxygen atoms in total. The van der Waals surface area contributed by atoms with E-state index in [0.717, 1.165) is 6.07 Å². The molecule has 27 heavy (non-hydrogen) atoms. The molecule has 0 radical (unpaired) electrons. The highest BCUT2D eigenvalue weighted by atomic mass is 19.1. The van der Waals surface area contributed by atoms with E-state index in [1.54, 1.807) is 53.4 Å². The number of hydrogen-bond donors (Lipinski definition) is 1. The fraction of sp³-hybridized carbons (Fsp3) is 0.0500. The fourth-order valence-electron chi connectivity index (χ4n) is 2.76. The van der Waals surface area contributed by atoms with Crippen molar-refractivity contribution in [2.24, 2.45) is 0 Å². The first kappa shape index (κ1) is 16.7. The van der Waals surface area contributed by atoms with E-state index in [1.807, 2.05) is 0 Å². The molecule has 0 spiro atoms. The predicted octanol–water partition coefficient (Wildman–Crippen LogP) is 3.05. The third-order valence-corrected chi connectivity index (χ3v) is 4.11. The van der Waals surface area contributed by atoms with Crippen molar-refractivity contribution in [3.05, 3.63) is 94.6 Å². The molecule has 4 aromatic rings. The van der Waals surface area contributed by atoms with Crippen LogP contribution in [0.5, 0.6) is 0 Å². The van der Waals surface area contributed by atoms with Gasteiger partial charge in [-0.3, -0.25) is 9.59 Å². The van der Waals surface area contributed by atoms with E-state index in [9.17, 15) is 14.0 Å². The van der Waals surface area contributed by atoms with Gasteiger partial charge in [0.05, 0.1) is 17.4 Å². The minimum absolute atomic E-state index is 0.0887. The standard InChI is InChI=1S/C20H14FN3O3/c21-15-9-13(5-6-16(15)24-8-7-22-12-24)11-23-20(26)19-10-17(25)14-3-1-2-4-18(14)27-19/h1-10,12H,11H2,(H,23,26). The predicted molar refractivity (Wildman–Crippen MR) is 97.2 cm³/mol. The lowest BCUT2D eigenvalue weighted by Crippen LogP contribution is -2.24. The van der Waals surface area contributed by atoms with Crippen LogP contribution in [0.25, 0.3) is 16.7 Å². The van der Waals surface area contributed by atoms with E-state index in [1.165, 1.54) is 12.4 Å². The number of nitrogens with zero attached hydrogens (tertiary/aromatic N) is 2. The third kappa shape index (κ3) is 3.35. The van der Waals surface area contributed by atoms with Gasteiger partial charge in [-0.05, 0) is 29.8 Å². The van der Waals surface area contributed by atoms with Crippen LogP contribution in [0.3, 0.4) is 0 Å². The summed E-state index contributed by atoms with van der Waals surface area (Å²) in [5.74, 6) is -1.07. The summed E-state index contributed by atoms with van der Waals surface area (Å²) in [4.78, 5) is 28.3. The zero-order valence-electron chi connectivity index (χ0n) is 14.1. The van der Waals surface area contributed by atoms with Gasteiger partial charge in [0.2, 0.25) is 0 Å². The largest absolute Gasteiger partial charge is 0.451 e. The van der Waals surface area contributed by atoms with Gasteiger partial charge in [-0.2, -0.15) is 0 Å². The number of nitrogens with one attached hydrogen (secondary N) is 1. The number of aromatic nitrogens is 2. The Morgan fingerprint density at radius 2 is 2.04 bits per heavy atom. The molecule has 0 saturated carbocycles. The van der Waals surface area contributed by atoms with Gasteiger partial charge in [0.15, 0.2) is 11.2 Å². The molecule has 1 N–H and O–H groups in total. The Kier molecular flexibility index (Phi) is 4.25. The molecule has 2 heterocycles. The van der Waals surface area contributed by atoms with Gasteiger partial charge in [0.25, 0.3) is 5.91 Å². The summed E-state index contributed by atoms with van der Waals surface area (Å²) in [6, 6.07) is 12.5. The van der Waals surface area contributed by atoms with Crippen LogP contribution in [-0.2, 0) is 6.54 Å². The lowest BCUT2D eigenvalue weighted by atomic mass is 10.2. The molecule has 134 valence electrons. The molecule has 0 aliphatic carbocycles. The SMILES string of the molecule is O=C(NCc1ccc(-n2ccnc2)c(F)c1)c1cc(=O)c2ccccc2o1. The second kappa shape index (κ2) is 6.87. The molecule has 0 saturated heterocycles. The second-order valence-corrected chi connectivity index (χ2v) is 5.91. The van der Waals surface area contributed by atoms with Crippen molar-refractivity contribution >= 4 is 16.9 Å². The Balaban J connectivity index is 1.51. The van der Waals surface area contributed by atoms with E-state index in [4.69, 9.17) is 4.42 Å². The average Bonchev–Trinajstić information content (AvgIpc) is 3.20. The number of imidazole rings is 1. The molecule has 0 aliphatic heterocycles. The van der Waals surface area contributed by atoms with E-state index in [0.29, 0.717) is 22.2 Å². The smallest absolute Gasteiger partial charge is 0.287 e. The fourth-order valence-corrected chi connectivity index (χ4v) is 2.76. The first-order valence-corrected chi connectivity index (χ1v) is 8.20. The van der Waals surface area contributed by atoms with E-state index >= 15 is 0 Å². The van der Waals surface area contributed by atoms with Gasteiger partial charge in [-0.15, -0.1) is 0 Å². The van der Waals surface area contributed by atoms with Crippen LogP contribution in [0.2, 0.25) is 0 Å². The minimum atomic E-state index is -0.544. The molecular formula is C20H14FN3O3. The number of carbonyl (C=O) groups excluding carboxylic acids is 1. The Bertz CT molecular complexity index is 1180. The van der Waals surface area contributed by atoms with Gasteiger partial charge in [-0.25, -0.2) is 9.37 Å². The summed E-state index contributed by atoms with van der Waals surface area (Å²) in [6.45, 7) is 0.0937. The normalized spacial score (nSPS) is 10.9. The first-order chi connectivity index (χ1) is 13.1. The van der Waals surface area contributed by atoms with Crippen LogP contribution >= 0.6 is 0 Å². The van der Waals surface area contributed by atoms with Crippen LogP contribution in [-0.4, -0.2) is 15.5 Å². The highest BCUT2D eigenvalue weighted by Crippen LogP contribution is 2.15. The molecule has 0 bridgehead atoms. The Hall–Kier alpha value is -3.74. The molecule has 2 aromatic carbocycles. The number of para-hydroxylation sites is 1. The molecule has 4 rings (SSSR count). The average molecular weight is 363 g/mol. The Morgan fingerprint density at radius 3 is 2.81 bits per heavy atom. The quantitative estimate of drug-likeness (QED) is 0.605. The molecule has 7 heteroatoms. The van der Waals surface area contributed by atoms with E-state index in [2.05, 4.69) is 10.3 Å². The number of benzene rings is 2. The third-order valence-electron chi connectivity index (χ3n) is 4.11. The minimum Gasteiger partial charge on any atom is -0.451 e. The van der Waals surface area contributed by atoms with Crippen molar-refractivity contribution in [2.75, 3.05) is 0 Å². The van der Waals surface area contributed by atoms with E-state index in [-0.39, 0.29) is 17.7 Å². The van der Waals surface area contributed by atoms with Crippen molar-refractivity contribution in [3.8, 4) is 5.69 Å². The van der Waals surface area contributed by atoms with Crippen LogP contribution in [0.1, 0.15) is 16.1 Å². The summed E-state index contributed by atoms with van der Waals surface area (Å²) in [7, 11) is 0. The van der Waals surface area contributed by atoms with Gasteiger partial charge in [0.1, 0.15) is 11.4 Å². The summed E-state index contributed by atoms with van der Waals surface area (Å²) >= 11 is 0. The molecule has 1 amide bonds. The number of halogens is 1. The van der Waals surface area contributed by atoms with Crippen molar-refractivity contribution in [3.63, 3.8) is 0 Å². The Morgan fingerprint density at radius 1 is 1.19 bits per heavy atom. The number of amides is 1. The van der Waals surface area contributed by atoms with Crippen molar-refractivity contribution in [2.45, 2.75) is 6.54 Å². The molecule has 0 atom stereocenters. The molecule has 0 unspecified atom stereocenters. The van der Waals surface area contributed by atoms with Crippen LogP contribution in [0.15, 0.2) is 76.5 Å². The monoisotopic (exact) mass is 363 g/mol. The molecule has 0 aliphatic rings. The summed E-state index contributed by atoms with van der Waals surface area (Å²) in [6.07, 6.45) is 4.70. The maximum Gasteiger partial charge on any atom is 0.287 e. The van der Waals surface area contributed by atoms with Gasteiger partial charge in [0, 0.05) is 25.0 Å². The van der Waals surface area contributed by atoms with Crippen LogP contribution in [0, 0.1) is 5.82 Å². The highest BCUT2D eigenvalue weighted by Gasteiger charge is 2.12.